The van der Waals surface area contributed by atoms with Crippen LogP contribution in [0.1, 0.15) is 12.8 Å². The molecule has 0 unspecified atom stereocenters. The van der Waals surface area contributed by atoms with Crippen LogP contribution in [-0.2, 0) is 14.3 Å². The molecule has 0 aliphatic carbocycles. The Labute approximate surface area is 126 Å². The molecule has 3 heterocycles. The Bertz CT molecular complexity index is 645. The van der Waals surface area contributed by atoms with Crippen LogP contribution in [0.15, 0.2) is 18.2 Å². The van der Waals surface area contributed by atoms with Crippen molar-refractivity contribution in [3.05, 3.63) is 18.2 Å². The van der Waals surface area contributed by atoms with E-state index in [2.05, 4.69) is 5.32 Å². The highest BCUT2D eigenvalue weighted by Gasteiger charge is 2.52. The van der Waals surface area contributed by atoms with E-state index in [4.69, 9.17) is 14.2 Å². The highest BCUT2D eigenvalue weighted by atomic mass is 16.7. The van der Waals surface area contributed by atoms with Crippen molar-refractivity contribution >= 4 is 17.6 Å². The summed E-state index contributed by atoms with van der Waals surface area (Å²) in [6, 6.07) is 5.04. The van der Waals surface area contributed by atoms with Crippen LogP contribution in [0.5, 0.6) is 11.5 Å². The molecule has 1 amide bonds. The van der Waals surface area contributed by atoms with Gasteiger partial charge in [0.05, 0.1) is 18.1 Å². The SMILES string of the molecule is O=C([O-])[C@@H]1[C@@H](C(=O)Nc2ccc3c(c2)OCO3)[C@H]2CC[C@@H]1O2. The second-order valence-corrected chi connectivity index (χ2v) is 5.72. The summed E-state index contributed by atoms with van der Waals surface area (Å²) >= 11 is 0. The topological polar surface area (TPSA) is 96.9 Å². The first kappa shape index (κ1) is 13.4. The van der Waals surface area contributed by atoms with Gasteiger partial charge < -0.3 is 29.4 Å². The summed E-state index contributed by atoms with van der Waals surface area (Å²) in [6.45, 7) is 0.152. The van der Waals surface area contributed by atoms with Gasteiger partial charge in [0, 0.05) is 23.6 Å². The molecule has 1 aromatic carbocycles. The van der Waals surface area contributed by atoms with Gasteiger partial charge in [0.25, 0.3) is 0 Å². The van der Waals surface area contributed by atoms with Crippen molar-refractivity contribution in [3.8, 4) is 11.5 Å². The van der Waals surface area contributed by atoms with E-state index in [1.807, 2.05) is 0 Å². The molecule has 3 aliphatic heterocycles. The number of hydrogen-bond acceptors (Lipinski definition) is 6. The van der Waals surface area contributed by atoms with Gasteiger partial charge in [-0.05, 0) is 25.0 Å². The zero-order valence-corrected chi connectivity index (χ0v) is 11.6. The molecular formula is C15H14NO6-. The van der Waals surface area contributed by atoms with Crippen molar-refractivity contribution in [1.29, 1.82) is 0 Å². The lowest BCUT2D eigenvalue weighted by Crippen LogP contribution is -2.46. The third-order valence-electron chi connectivity index (χ3n) is 4.49. The Morgan fingerprint density at radius 2 is 1.82 bits per heavy atom. The molecule has 7 heteroatoms. The lowest BCUT2D eigenvalue weighted by molar-refractivity contribution is -0.313. The van der Waals surface area contributed by atoms with Gasteiger partial charge in [-0.3, -0.25) is 4.79 Å². The van der Waals surface area contributed by atoms with Crippen molar-refractivity contribution < 1.29 is 28.9 Å². The molecule has 2 fully saturated rings. The number of amides is 1. The standard InChI is InChI=1S/C15H15NO6/c17-14(12-9-3-4-10(22-9)13(12)15(18)19)16-7-1-2-8-11(5-7)21-6-20-8/h1-2,5,9-10,12-13H,3-4,6H2,(H,16,17)(H,18,19)/p-1/t9-,10+,12+,13+/m1/s1. The predicted octanol–water partition coefficient (Wildman–Crippen LogP) is -0.103. The summed E-state index contributed by atoms with van der Waals surface area (Å²) in [4.78, 5) is 23.8. The minimum absolute atomic E-state index is 0.152. The lowest BCUT2D eigenvalue weighted by Gasteiger charge is -2.27. The Balaban J connectivity index is 1.53. The van der Waals surface area contributed by atoms with Crippen LogP contribution in [0.4, 0.5) is 5.69 Å². The summed E-state index contributed by atoms with van der Waals surface area (Å²) < 4.78 is 16.0. The van der Waals surface area contributed by atoms with E-state index in [1.54, 1.807) is 18.2 Å². The number of ether oxygens (including phenoxy) is 3. The maximum Gasteiger partial charge on any atom is 0.231 e. The normalized spacial score (nSPS) is 31.3. The van der Waals surface area contributed by atoms with E-state index >= 15 is 0 Å². The van der Waals surface area contributed by atoms with Gasteiger partial charge in [-0.15, -0.1) is 0 Å². The van der Waals surface area contributed by atoms with Crippen molar-refractivity contribution in [2.75, 3.05) is 12.1 Å². The van der Waals surface area contributed by atoms with Crippen LogP contribution in [-0.4, -0.2) is 30.9 Å². The lowest BCUT2D eigenvalue weighted by atomic mass is 9.78. The molecule has 7 nitrogen and oxygen atoms in total. The molecule has 22 heavy (non-hydrogen) atoms. The van der Waals surface area contributed by atoms with Gasteiger partial charge in [0.15, 0.2) is 11.5 Å². The fourth-order valence-corrected chi connectivity index (χ4v) is 3.51. The number of aliphatic carboxylic acids is 1. The van der Waals surface area contributed by atoms with E-state index in [0.29, 0.717) is 30.0 Å². The smallest absolute Gasteiger partial charge is 0.231 e. The maximum atomic E-state index is 12.5. The average molecular weight is 304 g/mol. The van der Waals surface area contributed by atoms with Gasteiger partial charge in [0.2, 0.25) is 12.7 Å². The molecule has 0 saturated carbocycles. The van der Waals surface area contributed by atoms with Crippen molar-refractivity contribution in [2.24, 2.45) is 11.8 Å². The highest BCUT2D eigenvalue weighted by Crippen LogP contribution is 2.44. The van der Waals surface area contributed by atoms with Crippen molar-refractivity contribution in [2.45, 2.75) is 25.0 Å². The molecule has 2 bridgehead atoms. The Kier molecular flexibility index (Phi) is 2.97. The number of carbonyl (C=O) groups is 2. The summed E-state index contributed by atoms with van der Waals surface area (Å²) in [7, 11) is 0. The van der Waals surface area contributed by atoms with Crippen molar-refractivity contribution in [3.63, 3.8) is 0 Å². The zero-order chi connectivity index (χ0) is 15.3. The number of carboxylic acid groups (broad SMARTS) is 1. The minimum atomic E-state index is -1.22. The molecule has 4 rings (SSSR count). The van der Waals surface area contributed by atoms with Crippen LogP contribution >= 0.6 is 0 Å². The first-order valence-corrected chi connectivity index (χ1v) is 7.20. The van der Waals surface area contributed by atoms with E-state index < -0.39 is 23.9 Å². The number of carboxylic acids is 1. The predicted molar refractivity (Wildman–Crippen MR) is 71.1 cm³/mol. The second kappa shape index (κ2) is 4.88. The Morgan fingerprint density at radius 3 is 2.59 bits per heavy atom. The summed E-state index contributed by atoms with van der Waals surface area (Å²) in [6.07, 6.45) is 0.606. The van der Waals surface area contributed by atoms with Gasteiger partial charge in [-0.1, -0.05) is 0 Å². The largest absolute Gasteiger partial charge is 0.550 e. The maximum absolute atomic E-state index is 12.5. The second-order valence-electron chi connectivity index (χ2n) is 5.72. The fourth-order valence-electron chi connectivity index (χ4n) is 3.51. The van der Waals surface area contributed by atoms with Crippen LogP contribution in [0.25, 0.3) is 0 Å². The Morgan fingerprint density at radius 1 is 1.09 bits per heavy atom. The van der Waals surface area contributed by atoms with Gasteiger partial charge >= 0.3 is 0 Å². The molecule has 4 atom stereocenters. The van der Waals surface area contributed by atoms with E-state index in [1.165, 1.54) is 0 Å². The molecule has 1 aromatic rings. The van der Waals surface area contributed by atoms with Crippen LogP contribution in [0, 0.1) is 11.8 Å². The first-order valence-electron chi connectivity index (χ1n) is 7.20. The molecule has 116 valence electrons. The average Bonchev–Trinajstić information content (AvgIpc) is 3.20. The molecule has 2 saturated heterocycles. The fraction of sp³-hybridized carbons (Fsp3) is 0.467. The number of fused-ring (bicyclic) bond motifs is 3. The number of anilines is 1. The minimum Gasteiger partial charge on any atom is -0.550 e. The van der Waals surface area contributed by atoms with E-state index in [0.717, 1.165) is 0 Å². The van der Waals surface area contributed by atoms with Gasteiger partial charge in [-0.2, -0.15) is 0 Å². The molecule has 1 N–H and O–H groups in total. The molecule has 3 aliphatic rings. The van der Waals surface area contributed by atoms with Crippen LogP contribution < -0.4 is 19.9 Å². The molecule has 0 spiro atoms. The van der Waals surface area contributed by atoms with Crippen LogP contribution in [0.2, 0.25) is 0 Å². The summed E-state index contributed by atoms with van der Waals surface area (Å²) in [5, 5.41) is 14.0. The Hall–Kier alpha value is -2.28. The number of rotatable bonds is 3. The van der Waals surface area contributed by atoms with E-state index in [-0.39, 0.29) is 18.8 Å². The highest BCUT2D eigenvalue weighted by molar-refractivity contribution is 5.96. The molecule has 0 radical (unpaired) electrons. The number of nitrogens with one attached hydrogen (secondary N) is 1. The number of hydrogen-bond donors (Lipinski definition) is 1. The van der Waals surface area contributed by atoms with Gasteiger partial charge in [0.1, 0.15) is 0 Å². The quantitative estimate of drug-likeness (QED) is 0.837. The third-order valence-corrected chi connectivity index (χ3v) is 4.49. The zero-order valence-electron chi connectivity index (χ0n) is 11.6. The van der Waals surface area contributed by atoms with Gasteiger partial charge in [-0.25, -0.2) is 0 Å². The summed E-state index contributed by atoms with van der Waals surface area (Å²) in [5.74, 6) is -2.01. The van der Waals surface area contributed by atoms with Crippen LogP contribution in [0.3, 0.4) is 0 Å². The monoisotopic (exact) mass is 304 g/mol. The van der Waals surface area contributed by atoms with Crippen molar-refractivity contribution in [1.82, 2.24) is 0 Å². The number of benzene rings is 1. The molecular weight excluding hydrogens is 290 g/mol. The third kappa shape index (κ3) is 2.00. The first-order chi connectivity index (χ1) is 10.6. The van der Waals surface area contributed by atoms with E-state index in [9.17, 15) is 14.7 Å². The number of carbonyl (C=O) groups excluding carboxylic acids is 2. The summed E-state index contributed by atoms with van der Waals surface area (Å²) in [5.41, 5.74) is 0.536. The molecule has 0 aromatic heterocycles.